The van der Waals surface area contributed by atoms with Crippen LogP contribution in [-0.2, 0) is 7.05 Å². The minimum atomic E-state index is -0.304. The van der Waals surface area contributed by atoms with Crippen molar-refractivity contribution >= 4 is 0 Å². The van der Waals surface area contributed by atoms with Crippen molar-refractivity contribution in [3.05, 3.63) is 40.8 Å². The second kappa shape index (κ2) is 5.04. The molecular weight excluding hydrogens is 273 g/mol. The van der Waals surface area contributed by atoms with E-state index in [1.807, 2.05) is 14.0 Å². The van der Waals surface area contributed by atoms with Crippen LogP contribution in [-0.4, -0.2) is 16.9 Å². The molecule has 0 saturated heterocycles. The second-order valence-corrected chi connectivity index (χ2v) is 5.26. The number of ether oxygens (including phenoxy) is 2. The number of benzene rings is 1. The summed E-state index contributed by atoms with van der Waals surface area (Å²) in [6.07, 6.45) is 0.306. The molecule has 6 heteroatoms. The third kappa shape index (κ3) is 2.25. The maximum Gasteiger partial charge on any atom is 0.218 e. The maximum absolute atomic E-state index is 13.3. The predicted octanol–water partition coefficient (Wildman–Crippen LogP) is 2.40. The fourth-order valence-corrected chi connectivity index (χ4v) is 2.92. The summed E-state index contributed by atoms with van der Waals surface area (Å²) in [6, 6.07) is 4.15. The SMILES string of the molecule is COc1c(C2CC(N)c3cc(F)ccc3O2)c(C)nn1C. The standard InChI is InChI=1S/C15H18FN3O2/c1-8-14(15(20-3)19(2)18-8)13-7-11(17)10-6-9(16)4-5-12(10)21-13/h4-6,11,13H,7,17H2,1-3H3. The molecule has 2 heterocycles. The van der Waals surface area contributed by atoms with Gasteiger partial charge in [-0.15, -0.1) is 0 Å². The van der Waals surface area contributed by atoms with Gasteiger partial charge in [-0.25, -0.2) is 9.07 Å². The number of methoxy groups -OCH3 is 1. The van der Waals surface area contributed by atoms with Crippen LogP contribution < -0.4 is 15.2 Å². The molecule has 3 rings (SSSR count). The average Bonchev–Trinajstić information content (AvgIpc) is 2.73. The Balaban J connectivity index is 2.02. The Bertz CT molecular complexity index is 684. The third-order valence-corrected chi connectivity index (χ3v) is 3.84. The molecule has 0 amide bonds. The van der Waals surface area contributed by atoms with Crippen LogP contribution in [0.15, 0.2) is 18.2 Å². The van der Waals surface area contributed by atoms with Gasteiger partial charge in [0.2, 0.25) is 5.88 Å². The molecule has 2 atom stereocenters. The molecule has 0 saturated carbocycles. The molecule has 0 spiro atoms. The number of nitrogens with zero attached hydrogens (tertiary/aromatic N) is 2. The molecular formula is C15H18FN3O2. The van der Waals surface area contributed by atoms with Crippen LogP contribution in [0.2, 0.25) is 0 Å². The first-order valence-corrected chi connectivity index (χ1v) is 6.80. The minimum Gasteiger partial charge on any atom is -0.485 e. The summed E-state index contributed by atoms with van der Waals surface area (Å²) in [5.74, 6) is 0.974. The highest BCUT2D eigenvalue weighted by Gasteiger charge is 2.32. The first kappa shape index (κ1) is 13.9. The van der Waals surface area contributed by atoms with Crippen molar-refractivity contribution in [1.82, 2.24) is 9.78 Å². The van der Waals surface area contributed by atoms with Gasteiger partial charge < -0.3 is 15.2 Å². The van der Waals surface area contributed by atoms with Gasteiger partial charge in [0, 0.05) is 25.1 Å². The van der Waals surface area contributed by atoms with Crippen LogP contribution in [0, 0.1) is 12.7 Å². The number of hydrogen-bond acceptors (Lipinski definition) is 4. The molecule has 0 bridgehead atoms. The van der Waals surface area contributed by atoms with Gasteiger partial charge in [0.25, 0.3) is 0 Å². The lowest BCUT2D eigenvalue weighted by atomic mass is 9.93. The van der Waals surface area contributed by atoms with Gasteiger partial charge in [-0.3, -0.25) is 0 Å². The summed E-state index contributed by atoms with van der Waals surface area (Å²) < 4.78 is 26.4. The number of aryl methyl sites for hydroxylation is 2. The van der Waals surface area contributed by atoms with E-state index in [2.05, 4.69) is 5.10 Å². The topological polar surface area (TPSA) is 62.3 Å². The smallest absolute Gasteiger partial charge is 0.218 e. The van der Waals surface area contributed by atoms with Crippen LogP contribution in [0.25, 0.3) is 0 Å². The summed E-state index contributed by atoms with van der Waals surface area (Å²) in [5, 5.41) is 4.36. The Morgan fingerprint density at radius 2 is 2.24 bits per heavy atom. The number of aromatic nitrogens is 2. The Labute approximate surface area is 122 Å². The van der Waals surface area contributed by atoms with E-state index in [1.54, 1.807) is 17.9 Å². The van der Waals surface area contributed by atoms with E-state index in [-0.39, 0.29) is 18.0 Å². The zero-order valence-electron chi connectivity index (χ0n) is 12.3. The lowest BCUT2D eigenvalue weighted by Crippen LogP contribution is -2.24. The van der Waals surface area contributed by atoms with Crippen molar-refractivity contribution in [1.29, 1.82) is 0 Å². The minimum absolute atomic E-state index is 0.249. The van der Waals surface area contributed by atoms with Gasteiger partial charge >= 0.3 is 0 Å². The van der Waals surface area contributed by atoms with E-state index in [4.69, 9.17) is 15.2 Å². The van der Waals surface area contributed by atoms with E-state index in [9.17, 15) is 4.39 Å². The molecule has 0 fully saturated rings. The summed E-state index contributed by atoms with van der Waals surface area (Å²) in [7, 11) is 3.42. The maximum atomic E-state index is 13.3. The molecule has 112 valence electrons. The van der Waals surface area contributed by atoms with E-state index in [1.165, 1.54) is 12.1 Å². The van der Waals surface area contributed by atoms with Crippen molar-refractivity contribution in [2.75, 3.05) is 7.11 Å². The van der Waals surface area contributed by atoms with Crippen LogP contribution >= 0.6 is 0 Å². The molecule has 1 aliphatic rings. The largest absolute Gasteiger partial charge is 0.485 e. The first-order chi connectivity index (χ1) is 10.0. The van der Waals surface area contributed by atoms with Gasteiger partial charge in [0.1, 0.15) is 17.7 Å². The van der Waals surface area contributed by atoms with Crippen molar-refractivity contribution < 1.29 is 13.9 Å². The van der Waals surface area contributed by atoms with Crippen molar-refractivity contribution in [2.45, 2.75) is 25.5 Å². The Morgan fingerprint density at radius 1 is 1.48 bits per heavy atom. The molecule has 2 unspecified atom stereocenters. The summed E-state index contributed by atoms with van der Waals surface area (Å²) >= 11 is 0. The predicted molar refractivity (Wildman–Crippen MR) is 75.8 cm³/mol. The van der Waals surface area contributed by atoms with Gasteiger partial charge in [-0.05, 0) is 25.1 Å². The van der Waals surface area contributed by atoms with Crippen molar-refractivity contribution in [3.63, 3.8) is 0 Å². The molecule has 0 radical (unpaired) electrons. The molecule has 2 N–H and O–H groups in total. The normalized spacial score (nSPS) is 20.8. The molecule has 2 aromatic rings. The van der Waals surface area contributed by atoms with Crippen LogP contribution in [0.3, 0.4) is 0 Å². The average molecular weight is 291 g/mol. The van der Waals surface area contributed by atoms with E-state index < -0.39 is 0 Å². The third-order valence-electron chi connectivity index (χ3n) is 3.84. The second-order valence-electron chi connectivity index (χ2n) is 5.26. The quantitative estimate of drug-likeness (QED) is 0.923. The van der Waals surface area contributed by atoms with Crippen LogP contribution in [0.4, 0.5) is 4.39 Å². The highest BCUT2D eigenvalue weighted by molar-refractivity contribution is 5.42. The molecule has 0 aliphatic carbocycles. The monoisotopic (exact) mass is 291 g/mol. The van der Waals surface area contributed by atoms with Crippen LogP contribution in [0.5, 0.6) is 11.6 Å². The molecule has 5 nitrogen and oxygen atoms in total. The zero-order valence-corrected chi connectivity index (χ0v) is 12.3. The molecule has 1 aromatic heterocycles. The number of rotatable bonds is 2. The number of hydrogen-bond donors (Lipinski definition) is 1. The van der Waals surface area contributed by atoms with Crippen molar-refractivity contribution in [3.8, 4) is 11.6 Å². The first-order valence-electron chi connectivity index (χ1n) is 6.80. The van der Waals surface area contributed by atoms with Gasteiger partial charge in [0.15, 0.2) is 0 Å². The van der Waals surface area contributed by atoms with Gasteiger partial charge in [0.05, 0.1) is 18.4 Å². The van der Waals surface area contributed by atoms with E-state index >= 15 is 0 Å². The lowest BCUT2D eigenvalue weighted by Gasteiger charge is -2.30. The number of nitrogens with two attached hydrogens (primary N) is 1. The zero-order chi connectivity index (χ0) is 15.1. The molecule has 1 aromatic carbocycles. The Morgan fingerprint density at radius 3 is 2.95 bits per heavy atom. The Kier molecular flexibility index (Phi) is 3.33. The Hall–Kier alpha value is -2.08. The number of fused-ring (bicyclic) bond motifs is 1. The number of halogens is 1. The van der Waals surface area contributed by atoms with Gasteiger partial charge in [-0.1, -0.05) is 0 Å². The van der Waals surface area contributed by atoms with E-state index in [0.717, 1.165) is 11.3 Å². The molecule has 21 heavy (non-hydrogen) atoms. The van der Waals surface area contributed by atoms with Gasteiger partial charge in [-0.2, -0.15) is 5.10 Å². The molecule has 1 aliphatic heterocycles. The van der Waals surface area contributed by atoms with E-state index in [0.29, 0.717) is 23.6 Å². The van der Waals surface area contributed by atoms with Crippen LogP contribution in [0.1, 0.15) is 35.4 Å². The summed E-state index contributed by atoms with van der Waals surface area (Å²) in [4.78, 5) is 0. The summed E-state index contributed by atoms with van der Waals surface area (Å²) in [6.45, 7) is 1.91. The fraction of sp³-hybridized carbons (Fsp3) is 0.400. The summed E-state index contributed by atoms with van der Waals surface area (Å²) in [5.41, 5.74) is 8.62. The lowest BCUT2D eigenvalue weighted by molar-refractivity contribution is 0.156. The highest BCUT2D eigenvalue weighted by Crippen LogP contribution is 2.43. The fourth-order valence-electron chi connectivity index (χ4n) is 2.92. The van der Waals surface area contributed by atoms with Crippen molar-refractivity contribution in [2.24, 2.45) is 12.8 Å². The highest BCUT2D eigenvalue weighted by atomic mass is 19.1.